The number of nitrogens with zero attached hydrogens (tertiary/aromatic N) is 3. The minimum Gasteiger partial charge on any atom is -0.493 e. The average Bonchev–Trinajstić information content (AvgIpc) is 2.62. The zero-order chi connectivity index (χ0) is 18.0. The second kappa shape index (κ2) is 6.60. The van der Waals surface area contributed by atoms with E-state index < -0.39 is 4.92 Å². The van der Waals surface area contributed by atoms with E-state index in [0.29, 0.717) is 39.5 Å². The van der Waals surface area contributed by atoms with E-state index in [2.05, 4.69) is 15.3 Å². The Labute approximate surface area is 143 Å². The van der Waals surface area contributed by atoms with Gasteiger partial charge >= 0.3 is 0 Å². The van der Waals surface area contributed by atoms with Gasteiger partial charge in [0.2, 0.25) is 0 Å². The normalized spacial score (nSPS) is 10.5. The van der Waals surface area contributed by atoms with E-state index in [-0.39, 0.29) is 5.69 Å². The lowest BCUT2D eigenvalue weighted by atomic mass is 10.1. The van der Waals surface area contributed by atoms with Gasteiger partial charge in [0.05, 0.1) is 24.7 Å². The topological polar surface area (TPSA) is 99.4 Å². The summed E-state index contributed by atoms with van der Waals surface area (Å²) in [4.78, 5) is 19.2. The van der Waals surface area contributed by atoms with Gasteiger partial charge in [-0.15, -0.1) is 0 Å². The van der Waals surface area contributed by atoms with E-state index in [9.17, 15) is 10.1 Å². The highest BCUT2D eigenvalue weighted by molar-refractivity contribution is 5.93. The van der Waals surface area contributed by atoms with Gasteiger partial charge < -0.3 is 14.8 Å². The second-order valence-electron chi connectivity index (χ2n) is 5.33. The first-order valence-corrected chi connectivity index (χ1v) is 7.42. The number of methoxy groups -OCH3 is 2. The highest BCUT2D eigenvalue weighted by Crippen LogP contribution is 2.34. The number of nitrogens with one attached hydrogen (secondary N) is 1. The fourth-order valence-electron chi connectivity index (χ4n) is 2.50. The maximum absolute atomic E-state index is 11.1. The molecule has 0 unspecified atom stereocenters. The summed E-state index contributed by atoms with van der Waals surface area (Å²) in [6.45, 7) is 1.69. The van der Waals surface area contributed by atoms with Crippen LogP contribution in [0.25, 0.3) is 10.9 Å². The van der Waals surface area contributed by atoms with Crippen molar-refractivity contribution in [2.45, 2.75) is 6.92 Å². The van der Waals surface area contributed by atoms with E-state index in [0.717, 1.165) is 0 Å². The number of fused-ring (bicyclic) bond motifs is 1. The molecule has 2 aromatic carbocycles. The third-order valence-corrected chi connectivity index (χ3v) is 3.81. The van der Waals surface area contributed by atoms with E-state index >= 15 is 0 Å². The van der Waals surface area contributed by atoms with Gasteiger partial charge in [0.15, 0.2) is 11.5 Å². The minimum absolute atomic E-state index is 0.0441. The van der Waals surface area contributed by atoms with Crippen molar-refractivity contribution in [3.8, 4) is 11.5 Å². The van der Waals surface area contributed by atoms with Gasteiger partial charge in [0, 0.05) is 28.8 Å². The van der Waals surface area contributed by atoms with E-state index in [1.165, 1.54) is 12.4 Å². The smallest absolute Gasteiger partial charge is 0.274 e. The summed E-state index contributed by atoms with van der Waals surface area (Å²) in [5.74, 6) is 1.62. The SMILES string of the molecule is COc1cc2ncnc(Nc3ccc(C)c([N+](=O)[O-])c3)c2cc1OC. The lowest BCUT2D eigenvalue weighted by molar-refractivity contribution is -0.385. The summed E-state index contributed by atoms with van der Waals surface area (Å²) in [7, 11) is 3.10. The number of ether oxygens (including phenoxy) is 2. The van der Waals surface area contributed by atoms with Crippen LogP contribution in [0.15, 0.2) is 36.7 Å². The number of hydrogen-bond acceptors (Lipinski definition) is 7. The van der Waals surface area contributed by atoms with Gasteiger partial charge in [-0.1, -0.05) is 6.07 Å². The zero-order valence-corrected chi connectivity index (χ0v) is 13.9. The molecule has 0 bridgehead atoms. The monoisotopic (exact) mass is 340 g/mol. The third kappa shape index (κ3) is 3.14. The Bertz CT molecular complexity index is 959. The van der Waals surface area contributed by atoms with Crippen LogP contribution in [0.5, 0.6) is 11.5 Å². The van der Waals surface area contributed by atoms with Crippen LogP contribution < -0.4 is 14.8 Å². The number of rotatable bonds is 5. The van der Waals surface area contributed by atoms with Gasteiger partial charge in [0.25, 0.3) is 5.69 Å². The molecular formula is C17H16N4O4. The molecule has 0 aliphatic carbocycles. The van der Waals surface area contributed by atoms with Crippen LogP contribution in [0.2, 0.25) is 0 Å². The summed E-state index contributed by atoms with van der Waals surface area (Å²) >= 11 is 0. The lowest BCUT2D eigenvalue weighted by Gasteiger charge is -2.12. The van der Waals surface area contributed by atoms with E-state index in [1.54, 1.807) is 45.4 Å². The fraction of sp³-hybridized carbons (Fsp3) is 0.176. The van der Waals surface area contributed by atoms with Crippen molar-refractivity contribution < 1.29 is 14.4 Å². The predicted molar refractivity (Wildman–Crippen MR) is 93.8 cm³/mol. The largest absolute Gasteiger partial charge is 0.493 e. The molecule has 25 heavy (non-hydrogen) atoms. The highest BCUT2D eigenvalue weighted by Gasteiger charge is 2.14. The number of aryl methyl sites for hydroxylation is 1. The van der Waals surface area contributed by atoms with Gasteiger partial charge in [-0.25, -0.2) is 9.97 Å². The Kier molecular flexibility index (Phi) is 4.34. The molecule has 1 aromatic heterocycles. The number of nitro groups is 1. The summed E-state index contributed by atoms with van der Waals surface area (Å²) in [6, 6.07) is 8.44. The summed E-state index contributed by atoms with van der Waals surface area (Å²) in [5, 5.41) is 14.9. The van der Waals surface area contributed by atoms with Crippen LogP contribution in [-0.2, 0) is 0 Å². The first-order chi connectivity index (χ1) is 12.0. The van der Waals surface area contributed by atoms with Crippen LogP contribution in [0.4, 0.5) is 17.2 Å². The molecule has 0 aliphatic heterocycles. The number of aromatic nitrogens is 2. The molecule has 0 radical (unpaired) electrons. The molecule has 128 valence electrons. The predicted octanol–water partition coefficient (Wildman–Crippen LogP) is 3.61. The number of nitro benzene ring substituents is 1. The van der Waals surface area contributed by atoms with Crippen LogP contribution in [0.1, 0.15) is 5.56 Å². The van der Waals surface area contributed by atoms with Gasteiger partial charge in [-0.05, 0) is 19.1 Å². The molecule has 0 spiro atoms. The number of anilines is 2. The Morgan fingerprint density at radius 3 is 2.48 bits per heavy atom. The highest BCUT2D eigenvalue weighted by atomic mass is 16.6. The lowest BCUT2D eigenvalue weighted by Crippen LogP contribution is -1.99. The Morgan fingerprint density at radius 2 is 1.80 bits per heavy atom. The summed E-state index contributed by atoms with van der Waals surface area (Å²) in [5.41, 5.74) is 1.86. The quantitative estimate of drug-likeness (QED) is 0.559. The molecule has 3 rings (SSSR count). The minimum atomic E-state index is -0.410. The van der Waals surface area contributed by atoms with Crippen molar-refractivity contribution in [3.63, 3.8) is 0 Å². The molecule has 0 aliphatic rings. The molecule has 1 heterocycles. The Morgan fingerprint density at radius 1 is 1.08 bits per heavy atom. The first kappa shape index (κ1) is 16.4. The van der Waals surface area contributed by atoms with Crippen molar-refractivity contribution in [1.82, 2.24) is 9.97 Å². The molecule has 0 saturated heterocycles. The fourth-order valence-corrected chi connectivity index (χ4v) is 2.50. The molecule has 0 atom stereocenters. The Balaban J connectivity index is 2.07. The molecule has 3 aromatic rings. The summed E-state index contributed by atoms with van der Waals surface area (Å²) in [6.07, 6.45) is 1.42. The number of benzene rings is 2. The van der Waals surface area contributed by atoms with Crippen molar-refractivity contribution in [3.05, 3.63) is 52.3 Å². The van der Waals surface area contributed by atoms with Crippen molar-refractivity contribution in [2.24, 2.45) is 0 Å². The Hall–Kier alpha value is -3.42. The number of hydrogen-bond donors (Lipinski definition) is 1. The molecule has 0 saturated carbocycles. The van der Waals surface area contributed by atoms with Crippen LogP contribution in [0, 0.1) is 17.0 Å². The maximum Gasteiger partial charge on any atom is 0.274 e. The standard InChI is InChI=1S/C17H16N4O4/c1-10-4-5-11(6-14(10)21(22)23)20-17-12-7-15(24-2)16(25-3)8-13(12)18-9-19-17/h4-9H,1-3H3,(H,18,19,20). The van der Waals surface area contributed by atoms with Crippen LogP contribution >= 0.6 is 0 Å². The van der Waals surface area contributed by atoms with E-state index in [1.807, 2.05) is 0 Å². The van der Waals surface area contributed by atoms with Crippen molar-refractivity contribution in [1.29, 1.82) is 0 Å². The molecular weight excluding hydrogens is 324 g/mol. The van der Waals surface area contributed by atoms with E-state index in [4.69, 9.17) is 9.47 Å². The molecule has 0 amide bonds. The van der Waals surface area contributed by atoms with Gasteiger partial charge in [-0.2, -0.15) is 0 Å². The molecule has 1 N–H and O–H groups in total. The summed E-state index contributed by atoms with van der Waals surface area (Å²) < 4.78 is 10.6. The molecule has 0 fully saturated rings. The zero-order valence-electron chi connectivity index (χ0n) is 13.9. The van der Waals surface area contributed by atoms with Crippen LogP contribution in [0.3, 0.4) is 0 Å². The third-order valence-electron chi connectivity index (χ3n) is 3.81. The van der Waals surface area contributed by atoms with Crippen LogP contribution in [-0.4, -0.2) is 29.1 Å². The maximum atomic E-state index is 11.1. The first-order valence-electron chi connectivity index (χ1n) is 7.42. The van der Waals surface area contributed by atoms with Crippen molar-refractivity contribution in [2.75, 3.05) is 19.5 Å². The average molecular weight is 340 g/mol. The molecule has 8 nitrogen and oxygen atoms in total. The van der Waals surface area contributed by atoms with Gasteiger partial charge in [0.1, 0.15) is 12.1 Å². The second-order valence-corrected chi connectivity index (χ2v) is 5.33. The van der Waals surface area contributed by atoms with Gasteiger partial charge in [-0.3, -0.25) is 10.1 Å². The van der Waals surface area contributed by atoms with Crippen molar-refractivity contribution >= 4 is 28.1 Å². The molecule has 8 heteroatoms.